The van der Waals surface area contributed by atoms with E-state index in [0.717, 1.165) is 24.2 Å². The topological polar surface area (TPSA) is 82.4 Å². The summed E-state index contributed by atoms with van der Waals surface area (Å²) < 4.78 is 0. The fourth-order valence-corrected chi connectivity index (χ4v) is 2.66. The molecule has 2 heterocycles. The SMILES string of the molecule is CCCc1cc(=O)[nH]c(Sc2cc(C#N)cc(C)n2)n1. The maximum atomic E-state index is 11.6. The van der Waals surface area contributed by atoms with Crippen LogP contribution in [0.4, 0.5) is 0 Å². The summed E-state index contributed by atoms with van der Waals surface area (Å²) in [6.45, 7) is 3.87. The van der Waals surface area contributed by atoms with Crippen LogP contribution in [0.15, 0.2) is 33.2 Å². The fraction of sp³-hybridized carbons (Fsp3) is 0.286. The van der Waals surface area contributed by atoms with Gasteiger partial charge in [-0.1, -0.05) is 13.3 Å². The monoisotopic (exact) mass is 286 g/mol. The van der Waals surface area contributed by atoms with Gasteiger partial charge in [-0.15, -0.1) is 0 Å². The molecule has 0 saturated heterocycles. The Hall–Kier alpha value is -2.13. The highest BCUT2D eigenvalue weighted by atomic mass is 32.2. The Morgan fingerprint density at radius 1 is 1.35 bits per heavy atom. The predicted octanol–water partition coefficient (Wildman–Crippen LogP) is 2.45. The highest BCUT2D eigenvalue weighted by Gasteiger charge is 2.06. The van der Waals surface area contributed by atoms with E-state index in [1.54, 1.807) is 12.1 Å². The molecule has 0 spiro atoms. The highest BCUT2D eigenvalue weighted by Crippen LogP contribution is 2.23. The lowest BCUT2D eigenvalue weighted by Gasteiger charge is -2.04. The maximum absolute atomic E-state index is 11.6. The van der Waals surface area contributed by atoms with Gasteiger partial charge < -0.3 is 4.98 Å². The summed E-state index contributed by atoms with van der Waals surface area (Å²) in [4.78, 5) is 23.0. The van der Waals surface area contributed by atoms with Crippen molar-refractivity contribution in [3.63, 3.8) is 0 Å². The number of aryl methyl sites for hydroxylation is 2. The lowest BCUT2D eigenvalue weighted by atomic mass is 10.2. The minimum absolute atomic E-state index is 0.167. The first-order chi connectivity index (χ1) is 9.60. The number of hydrogen-bond acceptors (Lipinski definition) is 5. The molecule has 0 bridgehead atoms. The molecule has 0 amide bonds. The zero-order valence-corrected chi connectivity index (χ0v) is 12.1. The molecule has 2 aromatic rings. The van der Waals surface area contributed by atoms with Crippen LogP contribution in [-0.4, -0.2) is 15.0 Å². The van der Waals surface area contributed by atoms with E-state index in [2.05, 4.69) is 21.0 Å². The average Bonchev–Trinajstić information content (AvgIpc) is 2.37. The Balaban J connectivity index is 2.32. The van der Waals surface area contributed by atoms with Gasteiger partial charge in [0.2, 0.25) is 0 Å². The Morgan fingerprint density at radius 3 is 2.85 bits per heavy atom. The first kappa shape index (κ1) is 14.3. The standard InChI is InChI=1S/C14H14N4OS/c1-3-4-11-7-12(19)18-14(17-11)20-13-6-10(8-15)5-9(2)16-13/h5-7H,3-4H2,1-2H3,(H,17,18,19). The van der Waals surface area contributed by atoms with E-state index in [4.69, 9.17) is 5.26 Å². The van der Waals surface area contributed by atoms with Gasteiger partial charge in [0.15, 0.2) is 5.16 Å². The molecule has 0 aliphatic rings. The van der Waals surface area contributed by atoms with Crippen molar-refractivity contribution in [2.45, 2.75) is 36.9 Å². The van der Waals surface area contributed by atoms with Crippen molar-refractivity contribution in [3.8, 4) is 6.07 Å². The van der Waals surface area contributed by atoms with Crippen molar-refractivity contribution in [3.05, 3.63) is 45.5 Å². The minimum Gasteiger partial charge on any atom is -0.301 e. The molecular weight excluding hydrogens is 272 g/mol. The van der Waals surface area contributed by atoms with E-state index in [-0.39, 0.29) is 5.56 Å². The summed E-state index contributed by atoms with van der Waals surface area (Å²) in [6, 6.07) is 7.00. The molecule has 5 nitrogen and oxygen atoms in total. The summed E-state index contributed by atoms with van der Waals surface area (Å²) in [7, 11) is 0. The summed E-state index contributed by atoms with van der Waals surface area (Å²) in [6.07, 6.45) is 1.70. The van der Waals surface area contributed by atoms with Gasteiger partial charge in [0, 0.05) is 17.5 Å². The van der Waals surface area contributed by atoms with Gasteiger partial charge in [-0.05, 0) is 37.2 Å². The Morgan fingerprint density at radius 2 is 2.15 bits per heavy atom. The molecule has 0 unspecified atom stereocenters. The number of nitrogens with one attached hydrogen (secondary N) is 1. The van der Waals surface area contributed by atoms with Gasteiger partial charge in [-0.3, -0.25) is 4.79 Å². The minimum atomic E-state index is -0.167. The third-order valence-electron chi connectivity index (χ3n) is 2.54. The molecule has 0 radical (unpaired) electrons. The Labute approximate surface area is 121 Å². The van der Waals surface area contributed by atoms with E-state index in [1.165, 1.54) is 17.8 Å². The molecule has 2 aromatic heterocycles. The molecule has 6 heteroatoms. The Bertz CT molecular complexity index is 718. The molecule has 20 heavy (non-hydrogen) atoms. The van der Waals surface area contributed by atoms with Crippen molar-refractivity contribution in [1.29, 1.82) is 5.26 Å². The number of aromatic nitrogens is 3. The first-order valence-corrected chi connectivity index (χ1v) is 7.09. The Kier molecular flexibility index (Phi) is 4.53. The van der Waals surface area contributed by atoms with Crippen LogP contribution in [0, 0.1) is 18.3 Å². The van der Waals surface area contributed by atoms with Crippen LogP contribution >= 0.6 is 11.8 Å². The van der Waals surface area contributed by atoms with Crippen LogP contribution < -0.4 is 5.56 Å². The summed E-state index contributed by atoms with van der Waals surface area (Å²) in [5, 5.41) is 10.1. The third kappa shape index (κ3) is 3.68. The van der Waals surface area contributed by atoms with E-state index in [9.17, 15) is 4.79 Å². The van der Waals surface area contributed by atoms with Gasteiger partial charge in [-0.25, -0.2) is 9.97 Å². The van der Waals surface area contributed by atoms with E-state index in [1.807, 2.05) is 13.8 Å². The number of nitrogens with zero attached hydrogens (tertiary/aromatic N) is 3. The quantitative estimate of drug-likeness (QED) is 0.873. The van der Waals surface area contributed by atoms with Crippen molar-refractivity contribution in [1.82, 2.24) is 15.0 Å². The van der Waals surface area contributed by atoms with Crippen molar-refractivity contribution >= 4 is 11.8 Å². The van der Waals surface area contributed by atoms with Gasteiger partial charge in [0.25, 0.3) is 5.56 Å². The van der Waals surface area contributed by atoms with Gasteiger partial charge >= 0.3 is 0 Å². The lowest BCUT2D eigenvalue weighted by molar-refractivity contribution is 0.815. The van der Waals surface area contributed by atoms with Crippen LogP contribution in [-0.2, 0) is 6.42 Å². The number of aromatic amines is 1. The van der Waals surface area contributed by atoms with E-state index in [0.29, 0.717) is 15.7 Å². The molecule has 1 N–H and O–H groups in total. The molecular formula is C14H14N4OS. The van der Waals surface area contributed by atoms with Gasteiger partial charge in [-0.2, -0.15) is 5.26 Å². The van der Waals surface area contributed by atoms with Crippen LogP contribution in [0.25, 0.3) is 0 Å². The zero-order chi connectivity index (χ0) is 14.5. The number of rotatable bonds is 4. The first-order valence-electron chi connectivity index (χ1n) is 6.27. The summed E-state index contributed by atoms with van der Waals surface area (Å²) in [5.41, 5.74) is 1.91. The van der Waals surface area contributed by atoms with E-state index >= 15 is 0 Å². The second kappa shape index (κ2) is 6.35. The number of H-pyrrole nitrogens is 1. The summed E-state index contributed by atoms with van der Waals surface area (Å²) in [5.74, 6) is 0. The molecule has 0 fully saturated rings. The number of hydrogen-bond donors (Lipinski definition) is 1. The maximum Gasteiger partial charge on any atom is 0.251 e. The van der Waals surface area contributed by atoms with Crippen LogP contribution in [0.2, 0.25) is 0 Å². The molecule has 0 aromatic carbocycles. The predicted molar refractivity (Wildman–Crippen MR) is 76.7 cm³/mol. The molecule has 0 aliphatic carbocycles. The molecule has 2 rings (SSSR count). The second-order valence-electron chi connectivity index (χ2n) is 4.34. The van der Waals surface area contributed by atoms with Crippen molar-refractivity contribution in [2.24, 2.45) is 0 Å². The highest BCUT2D eigenvalue weighted by molar-refractivity contribution is 7.99. The normalized spacial score (nSPS) is 10.2. The lowest BCUT2D eigenvalue weighted by Crippen LogP contribution is -2.10. The van der Waals surface area contributed by atoms with Crippen LogP contribution in [0.1, 0.15) is 30.3 Å². The largest absolute Gasteiger partial charge is 0.301 e. The smallest absolute Gasteiger partial charge is 0.251 e. The fourth-order valence-electron chi connectivity index (χ4n) is 1.77. The van der Waals surface area contributed by atoms with Gasteiger partial charge in [0.1, 0.15) is 5.03 Å². The third-order valence-corrected chi connectivity index (χ3v) is 3.34. The second-order valence-corrected chi connectivity index (χ2v) is 5.35. The average molecular weight is 286 g/mol. The van der Waals surface area contributed by atoms with Gasteiger partial charge in [0.05, 0.1) is 11.6 Å². The van der Waals surface area contributed by atoms with Crippen molar-refractivity contribution < 1.29 is 0 Å². The number of nitriles is 1. The zero-order valence-electron chi connectivity index (χ0n) is 11.3. The van der Waals surface area contributed by atoms with E-state index < -0.39 is 0 Å². The molecule has 0 aliphatic heterocycles. The molecule has 0 saturated carbocycles. The molecule has 102 valence electrons. The van der Waals surface area contributed by atoms with Crippen molar-refractivity contribution in [2.75, 3.05) is 0 Å². The number of pyridine rings is 1. The van der Waals surface area contributed by atoms with Crippen LogP contribution in [0.5, 0.6) is 0 Å². The molecule has 0 atom stereocenters. The summed E-state index contributed by atoms with van der Waals surface area (Å²) >= 11 is 1.26. The van der Waals surface area contributed by atoms with Crippen LogP contribution in [0.3, 0.4) is 0 Å².